The lowest BCUT2D eigenvalue weighted by atomic mass is 10.2. The number of anilines is 1. The zero-order valence-corrected chi connectivity index (χ0v) is 15.1. The summed E-state index contributed by atoms with van der Waals surface area (Å²) in [7, 11) is 1.65. The van der Waals surface area contributed by atoms with Crippen LogP contribution in [0.2, 0.25) is 0 Å². The van der Waals surface area contributed by atoms with Gasteiger partial charge >= 0.3 is 6.36 Å². The molecular weight excluding hydrogens is 385 g/mol. The number of benzene rings is 1. The molecule has 0 spiro atoms. The van der Waals surface area contributed by atoms with Crippen LogP contribution in [0.3, 0.4) is 0 Å². The quantitative estimate of drug-likeness (QED) is 0.802. The van der Waals surface area contributed by atoms with Gasteiger partial charge in [0.05, 0.1) is 16.8 Å². The van der Waals surface area contributed by atoms with Gasteiger partial charge in [-0.1, -0.05) is 11.3 Å². The highest BCUT2D eigenvalue weighted by Gasteiger charge is 2.34. The molecule has 3 rings (SSSR count). The third-order valence-corrected chi connectivity index (χ3v) is 4.96. The molecule has 1 fully saturated rings. The highest BCUT2D eigenvalue weighted by Crippen LogP contribution is 2.32. The number of nitrogens with one attached hydrogen (secondary N) is 2. The number of likely N-dealkylation sites (tertiary alicyclic amines) is 1. The number of nitrogens with zero attached hydrogens (tertiary/aromatic N) is 2. The van der Waals surface area contributed by atoms with Crippen LogP contribution in [0.5, 0.6) is 5.75 Å². The molecule has 2 aromatic rings. The molecule has 0 bridgehead atoms. The van der Waals surface area contributed by atoms with E-state index in [1.807, 2.05) is 0 Å². The van der Waals surface area contributed by atoms with Gasteiger partial charge in [0.1, 0.15) is 11.8 Å². The molecule has 1 aliphatic rings. The number of carbonyl (C=O) groups is 2. The average molecular weight is 402 g/mol. The number of hydrogen-bond donors (Lipinski definition) is 2. The second-order valence-electron chi connectivity index (χ2n) is 5.96. The second-order valence-corrected chi connectivity index (χ2v) is 6.99. The number of rotatable bonds is 5. The molecule has 2 N–H and O–H groups in total. The van der Waals surface area contributed by atoms with Gasteiger partial charge in [0.2, 0.25) is 11.8 Å². The van der Waals surface area contributed by atoms with Crippen molar-refractivity contribution >= 4 is 38.5 Å². The van der Waals surface area contributed by atoms with Gasteiger partial charge in [-0.3, -0.25) is 9.59 Å². The molecule has 1 aromatic carbocycles. The third kappa shape index (κ3) is 4.66. The van der Waals surface area contributed by atoms with Crippen molar-refractivity contribution in [3.63, 3.8) is 0 Å². The fourth-order valence-electron chi connectivity index (χ4n) is 2.93. The first-order valence-corrected chi connectivity index (χ1v) is 9.00. The molecule has 0 aliphatic carbocycles. The van der Waals surface area contributed by atoms with Crippen molar-refractivity contribution in [1.82, 2.24) is 15.2 Å². The van der Waals surface area contributed by atoms with Crippen molar-refractivity contribution < 1.29 is 27.5 Å². The van der Waals surface area contributed by atoms with Crippen molar-refractivity contribution in [2.75, 3.05) is 25.5 Å². The van der Waals surface area contributed by atoms with E-state index in [0.717, 1.165) is 23.8 Å². The number of thiazole rings is 1. The smallest absolute Gasteiger partial charge is 0.406 e. The van der Waals surface area contributed by atoms with Gasteiger partial charge in [-0.05, 0) is 32.0 Å². The van der Waals surface area contributed by atoms with E-state index in [4.69, 9.17) is 0 Å². The lowest BCUT2D eigenvalue weighted by Crippen LogP contribution is -2.46. The number of amides is 2. The van der Waals surface area contributed by atoms with Gasteiger partial charge in [0, 0.05) is 12.6 Å². The summed E-state index contributed by atoms with van der Waals surface area (Å²) < 4.78 is 41.3. The maximum atomic E-state index is 12.5. The van der Waals surface area contributed by atoms with Gasteiger partial charge in [-0.25, -0.2) is 4.98 Å². The summed E-state index contributed by atoms with van der Waals surface area (Å²) in [5, 5.41) is 5.68. The monoisotopic (exact) mass is 402 g/mol. The Morgan fingerprint density at radius 1 is 1.41 bits per heavy atom. The normalized spacial score (nSPS) is 17.3. The molecule has 146 valence electrons. The Kier molecular flexibility index (Phi) is 5.51. The summed E-state index contributed by atoms with van der Waals surface area (Å²) in [4.78, 5) is 30.3. The lowest BCUT2D eigenvalue weighted by Gasteiger charge is -2.23. The van der Waals surface area contributed by atoms with E-state index in [0.29, 0.717) is 23.2 Å². The summed E-state index contributed by atoms with van der Waals surface area (Å²) in [6, 6.07) is 3.19. The Hall–Kier alpha value is -2.40. The van der Waals surface area contributed by atoms with Crippen LogP contribution in [0, 0.1) is 0 Å². The van der Waals surface area contributed by atoms with E-state index < -0.39 is 12.4 Å². The molecule has 27 heavy (non-hydrogen) atoms. The van der Waals surface area contributed by atoms with Crippen LogP contribution in [-0.4, -0.2) is 54.2 Å². The van der Waals surface area contributed by atoms with Crippen LogP contribution in [-0.2, 0) is 9.59 Å². The lowest BCUT2D eigenvalue weighted by molar-refractivity contribution is -0.274. The van der Waals surface area contributed by atoms with Crippen LogP contribution in [0.1, 0.15) is 12.8 Å². The number of halogens is 3. The fraction of sp³-hybridized carbons (Fsp3) is 0.438. The largest absolute Gasteiger partial charge is 0.573 e. The molecule has 1 aliphatic heterocycles. The summed E-state index contributed by atoms with van der Waals surface area (Å²) in [6.07, 6.45) is -3.50. The molecule has 1 aromatic heterocycles. The Bertz CT molecular complexity index is 855. The average Bonchev–Trinajstić information content (AvgIpc) is 3.19. The van der Waals surface area contributed by atoms with Crippen molar-refractivity contribution in [3.8, 4) is 5.75 Å². The molecule has 1 atom stereocenters. The SMILES string of the molecule is CNCC(=O)N1CCCC1C(=O)Nc1nc2ccc(OC(F)(F)F)cc2s1. The maximum absolute atomic E-state index is 12.5. The number of likely N-dealkylation sites (N-methyl/N-ethyl adjacent to an activating group) is 1. The molecule has 11 heteroatoms. The standard InChI is InChI=1S/C16H17F3N4O3S/c1-20-8-13(24)23-6-2-3-11(23)14(25)22-15-21-10-5-4-9(7-12(10)27-15)26-16(17,18)19/h4-5,7,11,20H,2-3,6,8H2,1H3,(H,21,22,25). The molecule has 2 heterocycles. The Balaban J connectivity index is 1.72. The summed E-state index contributed by atoms with van der Waals surface area (Å²) in [6.45, 7) is 0.656. The Labute approximate surface area is 156 Å². The highest BCUT2D eigenvalue weighted by atomic mass is 32.1. The number of fused-ring (bicyclic) bond motifs is 1. The zero-order valence-electron chi connectivity index (χ0n) is 14.3. The van der Waals surface area contributed by atoms with Crippen LogP contribution < -0.4 is 15.4 Å². The molecule has 2 amide bonds. The first-order chi connectivity index (χ1) is 12.8. The van der Waals surface area contributed by atoms with E-state index in [1.165, 1.54) is 17.0 Å². The summed E-state index contributed by atoms with van der Waals surface area (Å²) in [5.74, 6) is -0.868. The van der Waals surface area contributed by atoms with Gasteiger partial charge in [-0.2, -0.15) is 0 Å². The van der Waals surface area contributed by atoms with E-state index in [1.54, 1.807) is 7.05 Å². The van der Waals surface area contributed by atoms with Crippen molar-refractivity contribution in [3.05, 3.63) is 18.2 Å². The van der Waals surface area contributed by atoms with E-state index in [9.17, 15) is 22.8 Å². The number of carbonyl (C=O) groups excluding carboxylic acids is 2. The maximum Gasteiger partial charge on any atom is 0.573 e. The van der Waals surface area contributed by atoms with Crippen molar-refractivity contribution in [1.29, 1.82) is 0 Å². The van der Waals surface area contributed by atoms with Gasteiger partial charge in [-0.15, -0.1) is 13.2 Å². The van der Waals surface area contributed by atoms with E-state index in [2.05, 4.69) is 20.4 Å². The number of alkyl halides is 3. The summed E-state index contributed by atoms with van der Waals surface area (Å²) >= 11 is 1.04. The minimum atomic E-state index is -4.78. The molecule has 1 saturated heterocycles. The molecular formula is C16H17F3N4O3S. The number of aromatic nitrogens is 1. The van der Waals surface area contributed by atoms with Crippen molar-refractivity contribution in [2.45, 2.75) is 25.2 Å². The van der Waals surface area contributed by atoms with Crippen LogP contribution in [0.25, 0.3) is 10.2 Å². The summed E-state index contributed by atoms with van der Waals surface area (Å²) in [5.41, 5.74) is 0.444. The molecule has 7 nitrogen and oxygen atoms in total. The molecule has 0 radical (unpaired) electrons. The zero-order chi connectivity index (χ0) is 19.6. The predicted octanol–water partition coefficient (Wildman–Crippen LogP) is 2.34. The van der Waals surface area contributed by atoms with E-state index in [-0.39, 0.29) is 29.2 Å². The number of hydrogen-bond acceptors (Lipinski definition) is 6. The third-order valence-electron chi connectivity index (χ3n) is 4.03. The van der Waals surface area contributed by atoms with Gasteiger partial charge < -0.3 is 20.3 Å². The molecule has 0 saturated carbocycles. The highest BCUT2D eigenvalue weighted by molar-refractivity contribution is 7.22. The van der Waals surface area contributed by atoms with Gasteiger partial charge in [0.25, 0.3) is 0 Å². The van der Waals surface area contributed by atoms with E-state index >= 15 is 0 Å². The Morgan fingerprint density at radius 2 is 2.19 bits per heavy atom. The fourth-order valence-corrected chi connectivity index (χ4v) is 3.83. The van der Waals surface area contributed by atoms with Crippen molar-refractivity contribution in [2.24, 2.45) is 0 Å². The van der Waals surface area contributed by atoms with Crippen LogP contribution >= 0.6 is 11.3 Å². The van der Waals surface area contributed by atoms with Crippen LogP contribution in [0.15, 0.2) is 18.2 Å². The molecule has 1 unspecified atom stereocenters. The first-order valence-electron chi connectivity index (χ1n) is 8.18. The minimum Gasteiger partial charge on any atom is -0.406 e. The second kappa shape index (κ2) is 7.69. The predicted molar refractivity (Wildman–Crippen MR) is 93.6 cm³/mol. The topological polar surface area (TPSA) is 83.6 Å². The number of ether oxygens (including phenoxy) is 1. The Morgan fingerprint density at radius 3 is 2.89 bits per heavy atom. The minimum absolute atomic E-state index is 0.146. The van der Waals surface area contributed by atoms with Crippen LogP contribution in [0.4, 0.5) is 18.3 Å². The van der Waals surface area contributed by atoms with Gasteiger partial charge in [0.15, 0.2) is 5.13 Å². The first kappa shape index (κ1) is 19.4.